The second kappa shape index (κ2) is 5.55. The highest BCUT2D eigenvalue weighted by molar-refractivity contribution is 5.39. The zero-order chi connectivity index (χ0) is 13.9. The summed E-state index contributed by atoms with van der Waals surface area (Å²) in [7, 11) is 0. The topological polar surface area (TPSA) is 40.5 Å². The van der Waals surface area contributed by atoms with E-state index in [0.29, 0.717) is 6.42 Å². The van der Waals surface area contributed by atoms with E-state index >= 15 is 0 Å². The van der Waals surface area contributed by atoms with E-state index in [1.54, 1.807) is 0 Å². The van der Waals surface area contributed by atoms with Gasteiger partial charge >= 0.3 is 0 Å². The lowest BCUT2D eigenvalue weighted by Crippen LogP contribution is -2.28. The minimum atomic E-state index is -1.13. The van der Waals surface area contributed by atoms with E-state index in [4.69, 9.17) is 0 Å². The average Bonchev–Trinajstić information content (AvgIpc) is 2.39. The van der Waals surface area contributed by atoms with Gasteiger partial charge < -0.3 is 10.2 Å². The predicted molar refractivity (Wildman–Crippen MR) is 77.1 cm³/mol. The Morgan fingerprint density at radius 2 is 1.37 bits per heavy atom. The van der Waals surface area contributed by atoms with E-state index in [2.05, 4.69) is 0 Å². The molecule has 0 heterocycles. The van der Waals surface area contributed by atoms with Crippen molar-refractivity contribution in [3.63, 3.8) is 0 Å². The molecule has 2 heteroatoms. The van der Waals surface area contributed by atoms with Gasteiger partial charge in [-0.05, 0) is 25.0 Å². The maximum Gasteiger partial charge on any atom is 0.117 e. The van der Waals surface area contributed by atoms with Crippen molar-refractivity contribution in [3.05, 3.63) is 70.8 Å². The van der Waals surface area contributed by atoms with Gasteiger partial charge in [-0.15, -0.1) is 0 Å². The summed E-state index contributed by atoms with van der Waals surface area (Å²) in [5.41, 5.74) is 2.72. The summed E-state index contributed by atoms with van der Waals surface area (Å²) in [5, 5.41) is 20.3. The third-order valence-electron chi connectivity index (χ3n) is 3.46. The molecule has 2 N–H and O–H groups in total. The third kappa shape index (κ3) is 2.86. The lowest BCUT2D eigenvalue weighted by molar-refractivity contribution is 0.0508. The highest BCUT2D eigenvalue weighted by Crippen LogP contribution is 2.33. The molecule has 0 radical (unpaired) electrons. The van der Waals surface area contributed by atoms with Crippen LogP contribution in [0.3, 0.4) is 0 Å². The summed E-state index contributed by atoms with van der Waals surface area (Å²) in [4.78, 5) is 0. The first-order valence-electron chi connectivity index (χ1n) is 6.54. The molecule has 2 aromatic carbocycles. The standard InChI is InChI=1S/C17H20O2/c1-13-5-3-7-15(11-13)17(19,9-10-18)16-8-4-6-14(2)12-16/h3-8,11-12,18-19H,9-10H2,1-2H3. The van der Waals surface area contributed by atoms with Gasteiger partial charge in [-0.3, -0.25) is 0 Å². The molecule has 0 unspecified atom stereocenters. The van der Waals surface area contributed by atoms with Gasteiger partial charge in [0.25, 0.3) is 0 Å². The average molecular weight is 256 g/mol. The molecule has 0 aliphatic rings. The van der Waals surface area contributed by atoms with E-state index in [1.807, 2.05) is 62.4 Å². The SMILES string of the molecule is Cc1cccc(C(O)(CCO)c2cccc(C)c2)c1. The lowest BCUT2D eigenvalue weighted by atomic mass is 9.83. The van der Waals surface area contributed by atoms with Gasteiger partial charge in [-0.1, -0.05) is 59.7 Å². The molecule has 0 amide bonds. The normalized spacial score (nSPS) is 11.6. The van der Waals surface area contributed by atoms with Gasteiger partial charge in [0.15, 0.2) is 0 Å². The molecule has 0 aliphatic carbocycles. The number of aliphatic hydroxyl groups is 2. The van der Waals surface area contributed by atoms with Crippen molar-refractivity contribution in [2.75, 3.05) is 6.61 Å². The molecule has 0 atom stereocenters. The van der Waals surface area contributed by atoms with Crippen LogP contribution in [0.5, 0.6) is 0 Å². The van der Waals surface area contributed by atoms with Crippen LogP contribution in [0.15, 0.2) is 48.5 Å². The van der Waals surface area contributed by atoms with Crippen LogP contribution in [0.25, 0.3) is 0 Å². The summed E-state index contributed by atoms with van der Waals surface area (Å²) in [6.45, 7) is 3.94. The molecular formula is C17H20O2. The highest BCUT2D eigenvalue weighted by Gasteiger charge is 2.31. The Hall–Kier alpha value is -1.64. The van der Waals surface area contributed by atoms with Crippen LogP contribution in [-0.2, 0) is 5.60 Å². The number of hydrogen-bond acceptors (Lipinski definition) is 2. The third-order valence-corrected chi connectivity index (χ3v) is 3.46. The largest absolute Gasteiger partial charge is 0.396 e. The summed E-state index contributed by atoms with van der Waals surface area (Å²) in [6, 6.07) is 15.6. The Balaban J connectivity index is 2.54. The van der Waals surface area contributed by atoms with E-state index in [0.717, 1.165) is 22.3 Å². The van der Waals surface area contributed by atoms with Crippen LogP contribution >= 0.6 is 0 Å². The summed E-state index contributed by atoms with van der Waals surface area (Å²) < 4.78 is 0. The molecule has 0 bridgehead atoms. The van der Waals surface area contributed by atoms with E-state index < -0.39 is 5.60 Å². The van der Waals surface area contributed by atoms with Gasteiger partial charge in [-0.25, -0.2) is 0 Å². The van der Waals surface area contributed by atoms with Crippen LogP contribution in [0, 0.1) is 13.8 Å². The number of aliphatic hydroxyl groups excluding tert-OH is 1. The van der Waals surface area contributed by atoms with Crippen molar-refractivity contribution in [2.24, 2.45) is 0 Å². The molecule has 0 saturated carbocycles. The molecule has 0 fully saturated rings. The highest BCUT2D eigenvalue weighted by atomic mass is 16.3. The zero-order valence-electron chi connectivity index (χ0n) is 11.4. The van der Waals surface area contributed by atoms with Gasteiger partial charge in [0.05, 0.1) is 0 Å². The molecule has 2 rings (SSSR count). The fourth-order valence-electron chi connectivity index (χ4n) is 2.42. The molecule has 0 aliphatic heterocycles. The number of benzene rings is 2. The first kappa shape index (κ1) is 13.8. The van der Waals surface area contributed by atoms with Gasteiger partial charge in [0.1, 0.15) is 5.60 Å². The van der Waals surface area contributed by atoms with Gasteiger partial charge in [0, 0.05) is 13.0 Å². The van der Waals surface area contributed by atoms with Crippen molar-refractivity contribution in [1.82, 2.24) is 0 Å². The van der Waals surface area contributed by atoms with Crippen LogP contribution in [0.1, 0.15) is 28.7 Å². The minimum Gasteiger partial charge on any atom is -0.396 e. The Bertz CT molecular complexity index is 515. The molecule has 2 aromatic rings. The summed E-state index contributed by atoms with van der Waals surface area (Å²) >= 11 is 0. The van der Waals surface area contributed by atoms with Crippen LogP contribution in [0.4, 0.5) is 0 Å². The minimum absolute atomic E-state index is 0.0572. The molecule has 0 saturated heterocycles. The first-order valence-corrected chi connectivity index (χ1v) is 6.54. The number of rotatable bonds is 4. The van der Waals surface area contributed by atoms with E-state index in [1.165, 1.54) is 0 Å². The van der Waals surface area contributed by atoms with Crippen LogP contribution < -0.4 is 0 Å². The second-order valence-electron chi connectivity index (χ2n) is 5.07. The Kier molecular flexibility index (Phi) is 4.03. The molecular weight excluding hydrogens is 236 g/mol. The maximum atomic E-state index is 11.0. The lowest BCUT2D eigenvalue weighted by Gasteiger charge is -2.29. The second-order valence-corrected chi connectivity index (χ2v) is 5.07. The van der Waals surface area contributed by atoms with Crippen molar-refractivity contribution < 1.29 is 10.2 Å². The van der Waals surface area contributed by atoms with Gasteiger partial charge in [-0.2, -0.15) is 0 Å². The summed E-state index contributed by atoms with van der Waals surface area (Å²) in [6.07, 6.45) is 0.292. The van der Waals surface area contributed by atoms with E-state index in [9.17, 15) is 10.2 Å². The molecule has 2 nitrogen and oxygen atoms in total. The number of hydrogen-bond donors (Lipinski definition) is 2. The van der Waals surface area contributed by atoms with Crippen LogP contribution in [0.2, 0.25) is 0 Å². The molecule has 0 spiro atoms. The van der Waals surface area contributed by atoms with Crippen molar-refractivity contribution in [1.29, 1.82) is 0 Å². The predicted octanol–water partition coefficient (Wildman–Crippen LogP) is 2.92. The maximum absolute atomic E-state index is 11.0. The molecule has 0 aromatic heterocycles. The Morgan fingerprint density at radius 1 is 0.895 bits per heavy atom. The Morgan fingerprint density at radius 3 is 1.74 bits per heavy atom. The number of aryl methyl sites for hydroxylation is 2. The molecule has 19 heavy (non-hydrogen) atoms. The quantitative estimate of drug-likeness (QED) is 0.883. The van der Waals surface area contributed by atoms with Crippen molar-refractivity contribution in [2.45, 2.75) is 25.9 Å². The monoisotopic (exact) mass is 256 g/mol. The van der Waals surface area contributed by atoms with E-state index in [-0.39, 0.29) is 6.61 Å². The van der Waals surface area contributed by atoms with Crippen molar-refractivity contribution in [3.8, 4) is 0 Å². The fourth-order valence-corrected chi connectivity index (χ4v) is 2.42. The summed E-state index contributed by atoms with van der Waals surface area (Å²) in [5.74, 6) is 0. The first-order chi connectivity index (χ1) is 9.06. The zero-order valence-corrected chi connectivity index (χ0v) is 11.4. The van der Waals surface area contributed by atoms with Gasteiger partial charge in [0.2, 0.25) is 0 Å². The van der Waals surface area contributed by atoms with Crippen molar-refractivity contribution >= 4 is 0 Å². The van der Waals surface area contributed by atoms with Crippen LogP contribution in [-0.4, -0.2) is 16.8 Å². The Labute approximate surface area is 114 Å². The smallest absolute Gasteiger partial charge is 0.117 e. The fraction of sp³-hybridized carbons (Fsp3) is 0.294. The molecule has 100 valence electrons.